The molecule has 0 fully saturated rings. The molecule has 88 valence electrons. The number of nitrogens with zero attached hydrogens (tertiary/aromatic N) is 2. The average Bonchev–Trinajstić information content (AvgIpc) is 2.70. The first-order valence-corrected chi connectivity index (χ1v) is 5.06. The molecule has 0 saturated heterocycles. The molecular weight excluding hydrogens is 223 g/mol. The Morgan fingerprint density at radius 1 is 1.41 bits per heavy atom. The Kier molecular flexibility index (Phi) is 3.18. The summed E-state index contributed by atoms with van der Waals surface area (Å²) in [7, 11) is 1.19. The second kappa shape index (κ2) is 4.78. The normalized spacial score (nSPS) is 10.2. The number of carbonyl (C=O) groups is 1. The first-order chi connectivity index (χ1) is 8.20. The predicted octanol–water partition coefficient (Wildman–Crippen LogP) is 1.86. The maximum Gasteiger partial charge on any atom is 0.361 e. The van der Waals surface area contributed by atoms with Crippen molar-refractivity contribution in [2.24, 2.45) is 0 Å². The van der Waals surface area contributed by atoms with Crippen LogP contribution in [-0.2, 0) is 11.3 Å². The van der Waals surface area contributed by atoms with E-state index in [-0.39, 0.29) is 5.69 Å². The van der Waals surface area contributed by atoms with Crippen molar-refractivity contribution in [1.82, 2.24) is 9.78 Å². The van der Waals surface area contributed by atoms with Crippen molar-refractivity contribution in [3.05, 3.63) is 53.6 Å². The molecule has 0 saturated carbocycles. The molecule has 1 aromatic carbocycles. The Morgan fingerprint density at radius 3 is 2.76 bits per heavy atom. The maximum absolute atomic E-state index is 13.4. The molecule has 0 aliphatic heterocycles. The number of carbonyl (C=O) groups excluding carboxylic acids is 1. The minimum absolute atomic E-state index is 0.288. The monoisotopic (exact) mass is 234 g/mol. The number of methoxy groups -OCH3 is 1. The lowest BCUT2D eigenvalue weighted by molar-refractivity contribution is 0.0588. The Labute approximate surface area is 97.6 Å². The van der Waals surface area contributed by atoms with E-state index >= 15 is 0 Å². The number of hydrogen-bond acceptors (Lipinski definition) is 3. The zero-order valence-corrected chi connectivity index (χ0v) is 9.26. The van der Waals surface area contributed by atoms with E-state index in [1.165, 1.54) is 18.0 Å². The van der Waals surface area contributed by atoms with E-state index in [4.69, 9.17) is 0 Å². The molecule has 4 nitrogen and oxygen atoms in total. The van der Waals surface area contributed by atoms with Crippen LogP contribution in [0.2, 0.25) is 0 Å². The lowest BCUT2D eigenvalue weighted by atomic mass is 10.2. The number of halogens is 1. The van der Waals surface area contributed by atoms with Gasteiger partial charge in [0.2, 0.25) is 5.69 Å². The van der Waals surface area contributed by atoms with E-state index in [0.29, 0.717) is 6.54 Å². The van der Waals surface area contributed by atoms with Crippen LogP contribution in [0.15, 0.2) is 36.5 Å². The number of benzene rings is 1. The van der Waals surface area contributed by atoms with Crippen LogP contribution < -0.4 is 0 Å². The zero-order valence-electron chi connectivity index (χ0n) is 9.26. The van der Waals surface area contributed by atoms with Crippen LogP contribution in [-0.4, -0.2) is 22.9 Å². The summed E-state index contributed by atoms with van der Waals surface area (Å²) in [6.07, 6.45) is 1.18. The van der Waals surface area contributed by atoms with Crippen LogP contribution in [0.3, 0.4) is 0 Å². The molecule has 17 heavy (non-hydrogen) atoms. The molecule has 0 amide bonds. The fourth-order valence-corrected chi connectivity index (χ4v) is 1.48. The largest absolute Gasteiger partial charge is 0.464 e. The molecule has 2 aromatic rings. The molecule has 0 bridgehead atoms. The lowest BCUT2D eigenvalue weighted by Crippen LogP contribution is -2.06. The minimum atomic E-state index is -0.769. The molecule has 0 atom stereocenters. The topological polar surface area (TPSA) is 44.1 Å². The van der Waals surface area contributed by atoms with E-state index in [9.17, 15) is 9.18 Å². The molecular formula is C12H11FN2O2. The number of hydrogen-bond donors (Lipinski definition) is 0. The fourth-order valence-electron chi connectivity index (χ4n) is 1.48. The number of aromatic nitrogens is 2. The molecule has 0 spiro atoms. The summed E-state index contributed by atoms with van der Waals surface area (Å²) in [5.41, 5.74) is 0.690. The van der Waals surface area contributed by atoms with Gasteiger partial charge in [-0.3, -0.25) is 4.68 Å². The van der Waals surface area contributed by atoms with Gasteiger partial charge >= 0.3 is 5.97 Å². The van der Waals surface area contributed by atoms with Gasteiger partial charge in [-0.05, 0) is 5.56 Å². The average molecular weight is 234 g/mol. The van der Waals surface area contributed by atoms with Gasteiger partial charge in [0.1, 0.15) is 0 Å². The van der Waals surface area contributed by atoms with Crippen molar-refractivity contribution in [2.45, 2.75) is 6.54 Å². The van der Waals surface area contributed by atoms with Crippen molar-refractivity contribution >= 4 is 5.97 Å². The quantitative estimate of drug-likeness (QED) is 0.761. The third-order valence-electron chi connectivity index (χ3n) is 2.28. The van der Waals surface area contributed by atoms with Gasteiger partial charge < -0.3 is 4.74 Å². The molecule has 0 N–H and O–H groups in total. The zero-order chi connectivity index (χ0) is 12.3. The smallest absolute Gasteiger partial charge is 0.361 e. The summed E-state index contributed by atoms with van der Waals surface area (Å²) in [5.74, 6) is -1.44. The van der Waals surface area contributed by atoms with E-state index in [1.807, 2.05) is 30.3 Å². The second-order valence-corrected chi connectivity index (χ2v) is 3.50. The molecule has 0 aliphatic rings. The first kappa shape index (κ1) is 11.3. The van der Waals surface area contributed by atoms with Gasteiger partial charge in [-0.15, -0.1) is 0 Å². The Morgan fingerprint density at radius 2 is 2.12 bits per heavy atom. The summed E-state index contributed by atoms with van der Waals surface area (Å²) in [4.78, 5) is 11.2. The Balaban J connectivity index is 2.21. The van der Waals surface area contributed by atoms with Crippen molar-refractivity contribution in [2.75, 3.05) is 7.11 Å². The van der Waals surface area contributed by atoms with E-state index in [1.54, 1.807) is 0 Å². The first-order valence-electron chi connectivity index (χ1n) is 5.06. The third kappa shape index (κ3) is 2.50. The molecule has 2 rings (SSSR count). The van der Waals surface area contributed by atoms with Gasteiger partial charge in [0, 0.05) is 0 Å². The molecule has 0 unspecified atom stereocenters. The number of esters is 1. The molecule has 0 radical (unpaired) electrons. The maximum atomic E-state index is 13.4. The molecule has 1 aromatic heterocycles. The highest BCUT2D eigenvalue weighted by Crippen LogP contribution is 2.08. The van der Waals surface area contributed by atoms with Crippen LogP contribution in [0.4, 0.5) is 4.39 Å². The SMILES string of the molecule is COC(=O)c1nn(Cc2ccccc2)cc1F. The van der Waals surface area contributed by atoms with E-state index < -0.39 is 11.8 Å². The molecule has 5 heteroatoms. The van der Waals surface area contributed by atoms with Gasteiger partial charge in [0.25, 0.3) is 0 Å². The van der Waals surface area contributed by atoms with Crippen LogP contribution in [0.5, 0.6) is 0 Å². The molecule has 0 aliphatic carbocycles. The van der Waals surface area contributed by atoms with E-state index in [0.717, 1.165) is 5.56 Å². The van der Waals surface area contributed by atoms with Crippen LogP contribution in [0, 0.1) is 5.82 Å². The summed E-state index contributed by atoms with van der Waals surface area (Å²) in [5, 5.41) is 3.84. The predicted molar refractivity (Wildman–Crippen MR) is 59.1 cm³/mol. The Bertz CT molecular complexity index is 523. The van der Waals surface area contributed by atoms with Crippen molar-refractivity contribution in [1.29, 1.82) is 0 Å². The van der Waals surface area contributed by atoms with Gasteiger partial charge in [-0.25, -0.2) is 9.18 Å². The van der Waals surface area contributed by atoms with Gasteiger partial charge in [0.15, 0.2) is 5.82 Å². The standard InChI is InChI=1S/C12H11FN2O2/c1-17-12(16)11-10(13)8-15(14-11)7-9-5-3-2-4-6-9/h2-6,8H,7H2,1H3. The number of ether oxygens (including phenoxy) is 1. The van der Waals surface area contributed by atoms with Gasteiger partial charge in [-0.1, -0.05) is 30.3 Å². The van der Waals surface area contributed by atoms with Crippen molar-refractivity contribution < 1.29 is 13.9 Å². The van der Waals surface area contributed by atoms with Crippen LogP contribution in [0.25, 0.3) is 0 Å². The minimum Gasteiger partial charge on any atom is -0.464 e. The fraction of sp³-hybridized carbons (Fsp3) is 0.167. The van der Waals surface area contributed by atoms with E-state index in [2.05, 4.69) is 9.84 Å². The second-order valence-electron chi connectivity index (χ2n) is 3.50. The summed E-state index contributed by atoms with van der Waals surface area (Å²) >= 11 is 0. The van der Waals surface area contributed by atoms with Gasteiger partial charge in [0.05, 0.1) is 19.9 Å². The highest BCUT2D eigenvalue weighted by atomic mass is 19.1. The van der Waals surface area contributed by atoms with Crippen LogP contribution in [0.1, 0.15) is 16.1 Å². The Hall–Kier alpha value is -2.17. The van der Waals surface area contributed by atoms with Crippen molar-refractivity contribution in [3.8, 4) is 0 Å². The summed E-state index contributed by atoms with van der Waals surface area (Å²) in [6.45, 7) is 0.411. The summed E-state index contributed by atoms with van der Waals surface area (Å²) < 4.78 is 19.2. The lowest BCUT2D eigenvalue weighted by Gasteiger charge is -2.00. The van der Waals surface area contributed by atoms with Gasteiger partial charge in [-0.2, -0.15) is 5.10 Å². The number of rotatable bonds is 3. The highest BCUT2D eigenvalue weighted by molar-refractivity contribution is 5.87. The van der Waals surface area contributed by atoms with Crippen LogP contribution >= 0.6 is 0 Å². The summed E-state index contributed by atoms with van der Waals surface area (Å²) in [6, 6.07) is 9.47. The van der Waals surface area contributed by atoms with Crippen molar-refractivity contribution in [3.63, 3.8) is 0 Å². The molecule has 1 heterocycles. The highest BCUT2D eigenvalue weighted by Gasteiger charge is 2.17. The third-order valence-corrected chi connectivity index (χ3v) is 2.28.